The number of carboxylic acid groups (broad SMARTS) is 1. The van der Waals surface area contributed by atoms with E-state index in [0.29, 0.717) is 5.56 Å². The van der Waals surface area contributed by atoms with Gasteiger partial charge in [-0.3, -0.25) is 4.79 Å². The first-order chi connectivity index (χ1) is 10.3. The Bertz CT molecular complexity index is 609. The Labute approximate surface area is 125 Å². The van der Waals surface area contributed by atoms with Crippen LogP contribution in [0.4, 0.5) is 13.2 Å². The van der Waals surface area contributed by atoms with Gasteiger partial charge >= 0.3 is 12.3 Å². The van der Waals surface area contributed by atoms with Crippen molar-refractivity contribution in [3.63, 3.8) is 0 Å². The van der Waals surface area contributed by atoms with Crippen LogP contribution in [0.5, 0.6) is 5.75 Å². The molecule has 0 spiro atoms. The zero-order valence-electron chi connectivity index (χ0n) is 11.6. The van der Waals surface area contributed by atoms with E-state index in [-0.39, 0.29) is 35.8 Å². The fourth-order valence-electron chi connectivity index (χ4n) is 3.82. The molecule has 3 nitrogen and oxygen atoms in total. The Morgan fingerprint density at radius 1 is 1.27 bits per heavy atom. The summed E-state index contributed by atoms with van der Waals surface area (Å²) < 4.78 is 41.0. The number of hydrogen-bond donors (Lipinski definition) is 1. The van der Waals surface area contributed by atoms with Crippen molar-refractivity contribution < 1.29 is 27.8 Å². The number of benzene rings is 1. The number of allylic oxidation sites excluding steroid dienone is 2. The highest BCUT2D eigenvalue weighted by molar-refractivity contribution is 5.67. The van der Waals surface area contributed by atoms with Crippen LogP contribution in [0.3, 0.4) is 0 Å². The second-order valence-corrected chi connectivity index (χ2v) is 5.86. The fraction of sp³-hybridized carbons (Fsp3) is 0.438. The Hall–Kier alpha value is -1.98. The van der Waals surface area contributed by atoms with Crippen molar-refractivity contribution in [3.8, 4) is 5.75 Å². The average Bonchev–Trinajstić information content (AvgIpc) is 2.97. The summed E-state index contributed by atoms with van der Waals surface area (Å²) in [4.78, 5) is 11.1. The van der Waals surface area contributed by atoms with Gasteiger partial charge in [0.05, 0.1) is 0 Å². The van der Waals surface area contributed by atoms with E-state index in [1.807, 2.05) is 12.2 Å². The van der Waals surface area contributed by atoms with Crippen LogP contribution in [0, 0.1) is 17.8 Å². The van der Waals surface area contributed by atoms with E-state index in [4.69, 9.17) is 5.11 Å². The van der Waals surface area contributed by atoms with Gasteiger partial charge in [-0.1, -0.05) is 24.3 Å². The third-order valence-electron chi connectivity index (χ3n) is 4.51. The van der Waals surface area contributed by atoms with Gasteiger partial charge in [0.15, 0.2) is 0 Å². The zero-order chi connectivity index (χ0) is 15.9. The van der Waals surface area contributed by atoms with Gasteiger partial charge in [0.25, 0.3) is 0 Å². The summed E-state index contributed by atoms with van der Waals surface area (Å²) in [6.45, 7) is 0. The van der Waals surface area contributed by atoms with Crippen molar-refractivity contribution >= 4 is 5.97 Å². The highest BCUT2D eigenvalue weighted by atomic mass is 19.4. The average molecular weight is 312 g/mol. The van der Waals surface area contributed by atoms with Gasteiger partial charge in [-0.15, -0.1) is 13.2 Å². The van der Waals surface area contributed by atoms with E-state index in [1.54, 1.807) is 6.07 Å². The molecular weight excluding hydrogens is 297 g/mol. The first-order valence-corrected chi connectivity index (χ1v) is 7.09. The summed E-state index contributed by atoms with van der Waals surface area (Å²) in [5.74, 6) is -0.894. The second-order valence-electron chi connectivity index (χ2n) is 5.86. The lowest BCUT2D eigenvalue weighted by Gasteiger charge is -2.27. The van der Waals surface area contributed by atoms with Gasteiger partial charge in [0.2, 0.25) is 0 Å². The highest BCUT2D eigenvalue weighted by Crippen LogP contribution is 2.54. The second kappa shape index (κ2) is 5.34. The first-order valence-electron chi connectivity index (χ1n) is 7.09. The van der Waals surface area contributed by atoms with Crippen LogP contribution in [0.25, 0.3) is 0 Å². The molecule has 0 saturated heterocycles. The molecule has 4 atom stereocenters. The summed E-state index contributed by atoms with van der Waals surface area (Å²) in [6.07, 6.45) is 0.247. The third kappa shape index (κ3) is 2.96. The highest BCUT2D eigenvalue weighted by Gasteiger charge is 2.46. The van der Waals surface area contributed by atoms with Gasteiger partial charge < -0.3 is 9.84 Å². The number of alkyl halides is 3. The normalized spacial score (nSPS) is 29.8. The predicted molar refractivity (Wildman–Crippen MR) is 72.3 cm³/mol. The van der Waals surface area contributed by atoms with Crippen molar-refractivity contribution in [2.75, 3.05) is 0 Å². The summed E-state index contributed by atoms with van der Waals surface area (Å²) in [6, 6.07) is 5.90. The van der Waals surface area contributed by atoms with Crippen molar-refractivity contribution in [1.82, 2.24) is 0 Å². The minimum atomic E-state index is -4.73. The van der Waals surface area contributed by atoms with Gasteiger partial charge in [0.1, 0.15) is 5.75 Å². The summed E-state index contributed by atoms with van der Waals surface area (Å²) >= 11 is 0. The number of carbonyl (C=O) groups is 1. The molecule has 22 heavy (non-hydrogen) atoms. The smallest absolute Gasteiger partial charge is 0.481 e. The number of hydrogen-bond acceptors (Lipinski definition) is 2. The molecule has 4 unspecified atom stereocenters. The zero-order valence-corrected chi connectivity index (χ0v) is 11.6. The molecule has 2 aliphatic rings. The molecule has 118 valence electrons. The standard InChI is InChI=1S/C16H15F3O3/c17-16(18,19)22-12-3-1-2-10(7-12)15-11-5-4-9(6-11)13(15)8-14(20)21/h1-5,7,9,11,13,15H,6,8H2,(H,20,21). The lowest BCUT2D eigenvalue weighted by atomic mass is 9.77. The molecule has 0 amide bonds. The Morgan fingerprint density at radius 2 is 2.00 bits per heavy atom. The first kappa shape index (κ1) is 14.9. The predicted octanol–water partition coefficient (Wildman–Crippen LogP) is 3.97. The summed E-state index contributed by atoms with van der Waals surface area (Å²) in [5.41, 5.74) is 0.713. The van der Waals surface area contributed by atoms with Crippen LogP contribution in [0.2, 0.25) is 0 Å². The molecule has 1 aromatic carbocycles. The van der Waals surface area contributed by atoms with Crippen LogP contribution in [0.1, 0.15) is 24.3 Å². The van der Waals surface area contributed by atoms with Crippen LogP contribution < -0.4 is 4.74 Å². The Morgan fingerprint density at radius 3 is 2.68 bits per heavy atom. The van der Waals surface area contributed by atoms with E-state index in [9.17, 15) is 18.0 Å². The molecule has 0 radical (unpaired) electrons. The third-order valence-corrected chi connectivity index (χ3v) is 4.51. The monoisotopic (exact) mass is 312 g/mol. The maximum atomic E-state index is 12.3. The van der Waals surface area contributed by atoms with Gasteiger partial charge in [0, 0.05) is 6.42 Å². The van der Waals surface area contributed by atoms with Crippen molar-refractivity contribution in [3.05, 3.63) is 42.0 Å². The molecule has 6 heteroatoms. The van der Waals surface area contributed by atoms with E-state index < -0.39 is 12.3 Å². The molecule has 0 aliphatic heterocycles. The molecule has 0 heterocycles. The fourth-order valence-corrected chi connectivity index (χ4v) is 3.82. The maximum absolute atomic E-state index is 12.3. The Balaban J connectivity index is 1.87. The van der Waals surface area contributed by atoms with E-state index >= 15 is 0 Å². The van der Waals surface area contributed by atoms with E-state index in [2.05, 4.69) is 4.74 Å². The van der Waals surface area contributed by atoms with Crippen LogP contribution in [-0.4, -0.2) is 17.4 Å². The summed E-state index contributed by atoms with van der Waals surface area (Å²) in [5, 5.41) is 9.08. The number of halogens is 3. The number of aliphatic carboxylic acids is 1. The van der Waals surface area contributed by atoms with E-state index in [0.717, 1.165) is 6.42 Å². The SMILES string of the molecule is O=C(O)CC1C2C=CC(C2)C1c1cccc(OC(F)(F)F)c1. The van der Waals surface area contributed by atoms with Crippen LogP contribution >= 0.6 is 0 Å². The van der Waals surface area contributed by atoms with Crippen LogP contribution in [0.15, 0.2) is 36.4 Å². The molecule has 1 saturated carbocycles. The largest absolute Gasteiger partial charge is 0.573 e. The summed E-state index contributed by atoms with van der Waals surface area (Å²) in [7, 11) is 0. The minimum Gasteiger partial charge on any atom is -0.481 e. The Kier molecular flexibility index (Phi) is 3.62. The molecular formula is C16H15F3O3. The van der Waals surface area contributed by atoms with Crippen molar-refractivity contribution in [2.45, 2.75) is 25.1 Å². The molecule has 1 fully saturated rings. The number of carboxylic acids is 1. The van der Waals surface area contributed by atoms with Crippen LogP contribution in [-0.2, 0) is 4.79 Å². The molecule has 1 N–H and O–H groups in total. The van der Waals surface area contributed by atoms with Crippen molar-refractivity contribution in [1.29, 1.82) is 0 Å². The van der Waals surface area contributed by atoms with Gasteiger partial charge in [-0.25, -0.2) is 0 Å². The molecule has 0 aromatic heterocycles. The number of fused-ring (bicyclic) bond motifs is 2. The van der Waals surface area contributed by atoms with Crippen molar-refractivity contribution in [2.24, 2.45) is 17.8 Å². The van der Waals surface area contributed by atoms with Gasteiger partial charge in [-0.2, -0.15) is 0 Å². The molecule has 2 bridgehead atoms. The molecule has 3 rings (SSSR count). The molecule has 2 aliphatic carbocycles. The number of ether oxygens (including phenoxy) is 1. The van der Waals surface area contributed by atoms with Gasteiger partial charge in [-0.05, 0) is 47.8 Å². The topological polar surface area (TPSA) is 46.5 Å². The molecule has 1 aromatic rings. The van der Waals surface area contributed by atoms with E-state index in [1.165, 1.54) is 18.2 Å². The maximum Gasteiger partial charge on any atom is 0.573 e. The minimum absolute atomic E-state index is 0.0283. The number of rotatable bonds is 4. The lowest BCUT2D eigenvalue weighted by molar-refractivity contribution is -0.274. The quantitative estimate of drug-likeness (QED) is 0.856. The lowest BCUT2D eigenvalue weighted by Crippen LogP contribution is -2.21.